The highest BCUT2D eigenvalue weighted by Gasteiger charge is 2.27. The van der Waals surface area contributed by atoms with E-state index >= 15 is 0 Å². The van der Waals surface area contributed by atoms with Gasteiger partial charge in [0.05, 0.1) is 0 Å². The molecule has 1 aromatic carbocycles. The van der Waals surface area contributed by atoms with Crippen LogP contribution in [0, 0.1) is 25.2 Å². The summed E-state index contributed by atoms with van der Waals surface area (Å²) in [6, 6.07) is 8.81. The van der Waals surface area contributed by atoms with Crippen LogP contribution in [0.2, 0.25) is 0 Å². The summed E-state index contributed by atoms with van der Waals surface area (Å²) in [5.41, 5.74) is 6.56. The molecule has 1 fully saturated rings. The molecule has 1 aliphatic rings. The van der Waals surface area contributed by atoms with E-state index in [2.05, 4.69) is 32.0 Å². The van der Waals surface area contributed by atoms with Crippen LogP contribution in [-0.2, 0) is 0 Å². The van der Waals surface area contributed by atoms with Gasteiger partial charge in [0.15, 0.2) is 0 Å². The minimum atomic E-state index is 0.789. The Morgan fingerprint density at radius 3 is 2.44 bits per heavy atom. The molecular weight excluding hydrogens is 238 g/mol. The summed E-state index contributed by atoms with van der Waals surface area (Å²) < 4.78 is 0. The third-order valence-electron chi connectivity index (χ3n) is 3.66. The lowest BCUT2D eigenvalue weighted by Crippen LogP contribution is -1.93. The second-order valence-corrected chi connectivity index (χ2v) is 5.99. The molecule has 1 nitrogen and oxygen atoms in total. The zero-order valence-corrected chi connectivity index (χ0v) is 11.5. The molecule has 3 rings (SSSR count). The SMILES string of the molecule is Cc1cc(-c2ccsc2C#N)cc(C)c1C1CC1. The molecular formula is C16H15NS. The van der Waals surface area contributed by atoms with Crippen molar-refractivity contribution in [2.24, 2.45) is 0 Å². The maximum Gasteiger partial charge on any atom is 0.112 e. The van der Waals surface area contributed by atoms with Crippen LogP contribution in [0.4, 0.5) is 0 Å². The first-order valence-electron chi connectivity index (χ1n) is 6.30. The van der Waals surface area contributed by atoms with Gasteiger partial charge in [0, 0.05) is 5.56 Å². The van der Waals surface area contributed by atoms with Crippen LogP contribution < -0.4 is 0 Å². The number of hydrogen-bond donors (Lipinski definition) is 0. The number of thiophene rings is 1. The summed E-state index contributed by atoms with van der Waals surface area (Å²) in [7, 11) is 0. The van der Waals surface area contributed by atoms with Crippen LogP contribution in [-0.4, -0.2) is 0 Å². The molecule has 2 aromatic rings. The van der Waals surface area contributed by atoms with Crippen molar-refractivity contribution in [3.8, 4) is 17.2 Å². The highest BCUT2D eigenvalue weighted by Crippen LogP contribution is 2.44. The Morgan fingerprint density at radius 2 is 1.89 bits per heavy atom. The van der Waals surface area contributed by atoms with Crippen LogP contribution in [0.15, 0.2) is 23.6 Å². The average Bonchev–Trinajstić information content (AvgIpc) is 3.05. The molecule has 0 atom stereocenters. The van der Waals surface area contributed by atoms with Gasteiger partial charge >= 0.3 is 0 Å². The molecule has 0 unspecified atom stereocenters. The minimum absolute atomic E-state index is 0.789. The summed E-state index contributed by atoms with van der Waals surface area (Å²) in [5, 5.41) is 11.1. The Labute approximate surface area is 112 Å². The van der Waals surface area contributed by atoms with E-state index in [4.69, 9.17) is 5.26 Å². The highest BCUT2D eigenvalue weighted by molar-refractivity contribution is 7.11. The first-order valence-corrected chi connectivity index (χ1v) is 7.17. The Kier molecular flexibility index (Phi) is 2.72. The number of nitrogens with zero attached hydrogens (tertiary/aromatic N) is 1. The first kappa shape index (κ1) is 11.5. The van der Waals surface area contributed by atoms with Crippen LogP contribution >= 0.6 is 11.3 Å². The quantitative estimate of drug-likeness (QED) is 0.755. The topological polar surface area (TPSA) is 23.8 Å². The summed E-state index contributed by atoms with van der Waals surface area (Å²) in [6.07, 6.45) is 2.67. The largest absolute Gasteiger partial charge is 0.192 e. The molecule has 0 saturated heterocycles. The van der Waals surface area contributed by atoms with Gasteiger partial charge in [0.2, 0.25) is 0 Å². The normalized spacial score (nSPS) is 14.5. The van der Waals surface area contributed by atoms with E-state index in [0.717, 1.165) is 16.4 Å². The maximum absolute atomic E-state index is 9.12. The highest BCUT2D eigenvalue weighted by atomic mass is 32.1. The lowest BCUT2D eigenvalue weighted by Gasteiger charge is -2.11. The molecule has 2 heteroatoms. The van der Waals surface area contributed by atoms with Crippen molar-refractivity contribution in [3.05, 3.63) is 45.1 Å². The van der Waals surface area contributed by atoms with Gasteiger partial charge in [-0.2, -0.15) is 5.26 Å². The predicted octanol–water partition coefficient (Wildman–Crippen LogP) is 4.78. The molecule has 0 N–H and O–H groups in total. The smallest absolute Gasteiger partial charge is 0.112 e. The molecule has 1 saturated carbocycles. The van der Waals surface area contributed by atoms with Crippen molar-refractivity contribution in [3.63, 3.8) is 0 Å². The van der Waals surface area contributed by atoms with Gasteiger partial charge in [0.25, 0.3) is 0 Å². The zero-order chi connectivity index (χ0) is 12.7. The molecule has 1 aromatic heterocycles. The molecule has 0 bridgehead atoms. The standard InChI is InChI=1S/C16H15NS/c1-10-7-13(14-5-6-18-15(14)9-17)8-11(2)16(10)12-3-4-12/h5-8,12H,3-4H2,1-2H3. The fourth-order valence-corrected chi connectivity index (χ4v) is 3.48. The van der Waals surface area contributed by atoms with Crippen molar-refractivity contribution >= 4 is 11.3 Å². The fraction of sp³-hybridized carbons (Fsp3) is 0.312. The van der Waals surface area contributed by atoms with Crippen LogP contribution in [0.25, 0.3) is 11.1 Å². The Hall–Kier alpha value is -1.59. The third kappa shape index (κ3) is 1.85. The molecule has 0 aliphatic heterocycles. The fourth-order valence-electron chi connectivity index (χ4n) is 2.77. The monoisotopic (exact) mass is 253 g/mol. The van der Waals surface area contributed by atoms with Gasteiger partial charge in [0.1, 0.15) is 10.9 Å². The number of benzene rings is 1. The van der Waals surface area contributed by atoms with Gasteiger partial charge < -0.3 is 0 Å². The third-order valence-corrected chi connectivity index (χ3v) is 4.48. The van der Waals surface area contributed by atoms with E-state index in [1.165, 1.54) is 46.4 Å². The summed E-state index contributed by atoms with van der Waals surface area (Å²) >= 11 is 1.52. The van der Waals surface area contributed by atoms with E-state index in [9.17, 15) is 0 Å². The lowest BCUT2D eigenvalue weighted by molar-refractivity contribution is 1.07. The van der Waals surface area contributed by atoms with Crippen LogP contribution in [0.3, 0.4) is 0 Å². The molecule has 1 aliphatic carbocycles. The minimum Gasteiger partial charge on any atom is -0.192 e. The Balaban J connectivity index is 2.12. The van der Waals surface area contributed by atoms with Crippen molar-refractivity contribution in [2.45, 2.75) is 32.6 Å². The number of rotatable bonds is 2. The molecule has 0 amide bonds. The summed E-state index contributed by atoms with van der Waals surface area (Å²) in [4.78, 5) is 0.813. The van der Waals surface area contributed by atoms with Gasteiger partial charge in [-0.05, 0) is 66.3 Å². The summed E-state index contributed by atoms with van der Waals surface area (Å²) in [6.45, 7) is 4.39. The van der Waals surface area contributed by atoms with Gasteiger partial charge in [-0.15, -0.1) is 11.3 Å². The van der Waals surface area contributed by atoms with Crippen molar-refractivity contribution < 1.29 is 0 Å². The van der Waals surface area contributed by atoms with Gasteiger partial charge in [-0.1, -0.05) is 12.1 Å². The Bertz CT molecular complexity index is 618. The van der Waals surface area contributed by atoms with E-state index in [1.54, 1.807) is 0 Å². The predicted molar refractivity (Wildman–Crippen MR) is 75.9 cm³/mol. The second-order valence-electron chi connectivity index (χ2n) is 5.07. The van der Waals surface area contributed by atoms with Crippen LogP contribution in [0.5, 0.6) is 0 Å². The van der Waals surface area contributed by atoms with Gasteiger partial charge in [-0.3, -0.25) is 0 Å². The summed E-state index contributed by atoms with van der Waals surface area (Å²) in [5.74, 6) is 0.789. The van der Waals surface area contributed by atoms with E-state index in [1.807, 2.05) is 11.4 Å². The average molecular weight is 253 g/mol. The molecule has 18 heavy (non-hydrogen) atoms. The van der Waals surface area contributed by atoms with Crippen molar-refractivity contribution in [2.75, 3.05) is 0 Å². The molecule has 90 valence electrons. The van der Waals surface area contributed by atoms with Crippen molar-refractivity contribution in [1.82, 2.24) is 0 Å². The Morgan fingerprint density at radius 1 is 1.22 bits per heavy atom. The number of aryl methyl sites for hydroxylation is 2. The van der Waals surface area contributed by atoms with Gasteiger partial charge in [-0.25, -0.2) is 0 Å². The number of hydrogen-bond acceptors (Lipinski definition) is 2. The van der Waals surface area contributed by atoms with Crippen molar-refractivity contribution in [1.29, 1.82) is 5.26 Å². The van der Waals surface area contributed by atoms with E-state index in [0.29, 0.717) is 0 Å². The first-order chi connectivity index (χ1) is 8.70. The van der Waals surface area contributed by atoms with E-state index < -0.39 is 0 Å². The number of nitriles is 1. The van der Waals surface area contributed by atoms with Crippen LogP contribution in [0.1, 0.15) is 40.3 Å². The lowest BCUT2D eigenvalue weighted by atomic mass is 9.93. The second kappa shape index (κ2) is 4.26. The molecule has 0 spiro atoms. The van der Waals surface area contributed by atoms with E-state index in [-0.39, 0.29) is 0 Å². The maximum atomic E-state index is 9.12. The molecule has 0 radical (unpaired) electrons. The molecule has 1 heterocycles. The zero-order valence-electron chi connectivity index (χ0n) is 10.7.